The molecule has 2 N–H and O–H groups in total. The molecule has 0 saturated heterocycles. The van der Waals surface area contributed by atoms with Crippen LogP contribution in [-0.2, 0) is 0 Å². The molecule has 1 rings (SSSR count). The maximum absolute atomic E-state index is 12.0. The van der Waals surface area contributed by atoms with E-state index in [1.54, 1.807) is 11.9 Å². The molecule has 4 heteroatoms. The van der Waals surface area contributed by atoms with Crippen LogP contribution in [0.2, 0.25) is 0 Å². The lowest BCUT2D eigenvalue weighted by Gasteiger charge is -2.20. The van der Waals surface area contributed by atoms with E-state index < -0.39 is 0 Å². The van der Waals surface area contributed by atoms with Gasteiger partial charge in [0.1, 0.15) is 0 Å². The molecule has 0 radical (unpaired) electrons. The van der Waals surface area contributed by atoms with E-state index in [2.05, 4.69) is 0 Å². The maximum Gasteiger partial charge on any atom is 0.253 e. The molecule has 0 fully saturated rings. The van der Waals surface area contributed by atoms with Crippen LogP contribution < -0.4 is 10.6 Å². The largest absolute Gasteiger partial charge is 0.378 e. The van der Waals surface area contributed by atoms with Crippen LogP contribution in [0.3, 0.4) is 0 Å². The van der Waals surface area contributed by atoms with Crippen LogP contribution in [0.5, 0.6) is 0 Å². The van der Waals surface area contributed by atoms with Crippen LogP contribution in [0, 0.1) is 0 Å². The first kappa shape index (κ1) is 13.5. The standard InChI is InChI=1S/C13H21N3O/c1-10(14)9-16(4)13(17)11-5-7-12(8-6-11)15(2)3/h5-8,10H,9,14H2,1-4H3. The Balaban J connectivity index is 2.76. The zero-order valence-corrected chi connectivity index (χ0v) is 11.0. The van der Waals surface area contributed by atoms with Gasteiger partial charge in [0.2, 0.25) is 0 Å². The predicted molar refractivity (Wildman–Crippen MR) is 71.4 cm³/mol. The Labute approximate surface area is 103 Å². The molecule has 4 nitrogen and oxygen atoms in total. The molecule has 0 aromatic heterocycles. The molecule has 0 spiro atoms. The van der Waals surface area contributed by atoms with Gasteiger partial charge >= 0.3 is 0 Å². The third-order valence-electron chi connectivity index (χ3n) is 2.54. The molecule has 0 aliphatic rings. The van der Waals surface area contributed by atoms with E-state index in [1.165, 1.54) is 0 Å². The van der Waals surface area contributed by atoms with Crippen molar-refractivity contribution in [3.63, 3.8) is 0 Å². The van der Waals surface area contributed by atoms with Gasteiger partial charge in [-0.15, -0.1) is 0 Å². The minimum atomic E-state index is -0.00926. The highest BCUT2D eigenvalue weighted by Gasteiger charge is 2.12. The second-order valence-electron chi connectivity index (χ2n) is 4.60. The molecule has 0 aliphatic heterocycles. The van der Waals surface area contributed by atoms with Crippen molar-refractivity contribution in [2.45, 2.75) is 13.0 Å². The third kappa shape index (κ3) is 3.75. The summed E-state index contributed by atoms with van der Waals surface area (Å²) in [5, 5.41) is 0. The second-order valence-corrected chi connectivity index (χ2v) is 4.60. The highest BCUT2D eigenvalue weighted by Crippen LogP contribution is 2.13. The van der Waals surface area contributed by atoms with Crippen LogP contribution in [-0.4, -0.2) is 44.5 Å². The van der Waals surface area contributed by atoms with Gasteiger partial charge in [-0.25, -0.2) is 0 Å². The molecular weight excluding hydrogens is 214 g/mol. The molecular formula is C13H21N3O. The minimum Gasteiger partial charge on any atom is -0.378 e. The zero-order valence-electron chi connectivity index (χ0n) is 11.0. The first-order valence-corrected chi connectivity index (χ1v) is 5.70. The van der Waals surface area contributed by atoms with Crippen molar-refractivity contribution in [2.75, 3.05) is 32.6 Å². The molecule has 1 unspecified atom stereocenters. The van der Waals surface area contributed by atoms with E-state index in [0.717, 1.165) is 5.69 Å². The van der Waals surface area contributed by atoms with Gasteiger partial charge in [0.15, 0.2) is 0 Å². The molecule has 1 aromatic rings. The number of hydrogen-bond acceptors (Lipinski definition) is 3. The number of rotatable bonds is 4. The topological polar surface area (TPSA) is 49.6 Å². The van der Waals surface area contributed by atoms with Crippen molar-refractivity contribution in [1.29, 1.82) is 0 Å². The van der Waals surface area contributed by atoms with Crippen molar-refractivity contribution < 1.29 is 4.79 Å². The van der Waals surface area contributed by atoms with Crippen molar-refractivity contribution in [2.24, 2.45) is 5.73 Å². The van der Waals surface area contributed by atoms with Gasteiger partial charge in [-0.3, -0.25) is 4.79 Å². The first-order chi connectivity index (χ1) is 7.91. The number of amides is 1. The maximum atomic E-state index is 12.0. The quantitative estimate of drug-likeness (QED) is 0.852. The molecule has 1 atom stereocenters. The predicted octanol–water partition coefficient (Wildman–Crippen LogP) is 1.17. The molecule has 94 valence electrons. The van der Waals surface area contributed by atoms with Crippen molar-refractivity contribution >= 4 is 11.6 Å². The number of likely N-dealkylation sites (N-methyl/N-ethyl adjacent to an activating group) is 1. The number of carbonyl (C=O) groups is 1. The lowest BCUT2D eigenvalue weighted by Crippen LogP contribution is -2.36. The SMILES string of the molecule is CC(N)CN(C)C(=O)c1ccc(N(C)C)cc1. The third-order valence-corrected chi connectivity index (χ3v) is 2.54. The van der Waals surface area contributed by atoms with Crippen molar-refractivity contribution in [3.8, 4) is 0 Å². The molecule has 1 aromatic carbocycles. The lowest BCUT2D eigenvalue weighted by atomic mass is 10.1. The molecule has 0 heterocycles. The Morgan fingerprint density at radius 1 is 1.24 bits per heavy atom. The fraction of sp³-hybridized carbons (Fsp3) is 0.462. The summed E-state index contributed by atoms with van der Waals surface area (Å²) >= 11 is 0. The second kappa shape index (κ2) is 5.68. The molecule has 17 heavy (non-hydrogen) atoms. The van der Waals surface area contributed by atoms with E-state index in [9.17, 15) is 4.79 Å². The van der Waals surface area contributed by atoms with Crippen LogP contribution in [0.4, 0.5) is 5.69 Å². The summed E-state index contributed by atoms with van der Waals surface area (Å²) in [5.41, 5.74) is 7.45. The van der Waals surface area contributed by atoms with Gasteiger partial charge < -0.3 is 15.5 Å². The normalized spacial score (nSPS) is 12.1. The number of anilines is 1. The molecule has 0 aliphatic carbocycles. The monoisotopic (exact) mass is 235 g/mol. The smallest absolute Gasteiger partial charge is 0.253 e. The van der Waals surface area contributed by atoms with Crippen LogP contribution in [0.15, 0.2) is 24.3 Å². The Morgan fingerprint density at radius 2 is 1.76 bits per heavy atom. The zero-order chi connectivity index (χ0) is 13.0. The Kier molecular flexibility index (Phi) is 4.52. The summed E-state index contributed by atoms with van der Waals surface area (Å²) < 4.78 is 0. The fourth-order valence-electron chi connectivity index (χ4n) is 1.64. The van der Waals surface area contributed by atoms with Crippen LogP contribution in [0.25, 0.3) is 0 Å². The van der Waals surface area contributed by atoms with Gasteiger partial charge in [0, 0.05) is 45.0 Å². The van der Waals surface area contributed by atoms with Crippen molar-refractivity contribution in [1.82, 2.24) is 4.90 Å². The summed E-state index contributed by atoms with van der Waals surface area (Å²) in [4.78, 5) is 15.7. The van der Waals surface area contributed by atoms with Gasteiger partial charge in [0.25, 0.3) is 5.91 Å². The number of nitrogens with two attached hydrogens (primary N) is 1. The van der Waals surface area contributed by atoms with Crippen LogP contribution >= 0.6 is 0 Å². The molecule has 0 saturated carbocycles. The van der Waals surface area contributed by atoms with Gasteiger partial charge in [-0.2, -0.15) is 0 Å². The highest BCUT2D eigenvalue weighted by atomic mass is 16.2. The van der Waals surface area contributed by atoms with Gasteiger partial charge in [-0.05, 0) is 31.2 Å². The number of hydrogen-bond donors (Lipinski definition) is 1. The van der Waals surface area contributed by atoms with Gasteiger partial charge in [0.05, 0.1) is 0 Å². The minimum absolute atomic E-state index is 0.00704. The number of nitrogens with zero attached hydrogens (tertiary/aromatic N) is 2. The Bertz CT molecular complexity index is 371. The summed E-state index contributed by atoms with van der Waals surface area (Å²) in [6.07, 6.45) is 0. The van der Waals surface area contributed by atoms with Gasteiger partial charge in [-0.1, -0.05) is 0 Å². The summed E-state index contributed by atoms with van der Waals surface area (Å²) in [5.74, 6) is 0.00704. The lowest BCUT2D eigenvalue weighted by molar-refractivity contribution is 0.0789. The Morgan fingerprint density at radius 3 is 2.18 bits per heavy atom. The number of carbonyl (C=O) groups excluding carboxylic acids is 1. The number of benzene rings is 1. The average Bonchev–Trinajstić information content (AvgIpc) is 2.27. The molecule has 0 bridgehead atoms. The van der Waals surface area contributed by atoms with E-state index in [-0.39, 0.29) is 11.9 Å². The van der Waals surface area contributed by atoms with E-state index in [1.807, 2.05) is 50.2 Å². The molecule has 1 amide bonds. The first-order valence-electron chi connectivity index (χ1n) is 5.70. The average molecular weight is 235 g/mol. The van der Waals surface area contributed by atoms with Crippen LogP contribution in [0.1, 0.15) is 17.3 Å². The summed E-state index contributed by atoms with van der Waals surface area (Å²) in [6.45, 7) is 2.45. The summed E-state index contributed by atoms with van der Waals surface area (Å²) in [6, 6.07) is 7.55. The van der Waals surface area contributed by atoms with E-state index in [4.69, 9.17) is 5.73 Å². The summed E-state index contributed by atoms with van der Waals surface area (Å²) in [7, 11) is 5.71. The highest BCUT2D eigenvalue weighted by molar-refractivity contribution is 5.94. The van der Waals surface area contributed by atoms with E-state index >= 15 is 0 Å². The Hall–Kier alpha value is -1.55. The fourth-order valence-corrected chi connectivity index (χ4v) is 1.64. The van der Waals surface area contributed by atoms with Crippen molar-refractivity contribution in [3.05, 3.63) is 29.8 Å². The van der Waals surface area contributed by atoms with E-state index in [0.29, 0.717) is 12.1 Å².